The van der Waals surface area contributed by atoms with Gasteiger partial charge in [0.2, 0.25) is 0 Å². The summed E-state index contributed by atoms with van der Waals surface area (Å²) in [4.78, 5) is 11.8. The number of nitrogens with two attached hydrogens (primary N) is 1. The molecule has 1 amide bonds. The van der Waals surface area contributed by atoms with E-state index in [2.05, 4.69) is 17.2 Å². The molecular weight excluding hydrogens is 247 g/mol. The lowest BCUT2D eigenvalue weighted by atomic mass is 10.2. The zero-order valence-corrected chi connectivity index (χ0v) is 9.94. The minimum atomic E-state index is -0.456. The van der Waals surface area contributed by atoms with Crippen LogP contribution in [0.3, 0.4) is 0 Å². The molecule has 2 aromatic rings. The highest BCUT2D eigenvalue weighted by molar-refractivity contribution is 6.04. The number of hydrogen-bond donors (Lipinski definition) is 2. The number of halogens is 1. The average molecular weight is 258 g/mol. The van der Waals surface area contributed by atoms with Gasteiger partial charge in [-0.1, -0.05) is 11.8 Å². The van der Waals surface area contributed by atoms with Gasteiger partial charge in [-0.05, 0) is 24.3 Å². The minimum Gasteiger partial charge on any atom is -0.472 e. The van der Waals surface area contributed by atoms with Crippen molar-refractivity contribution in [2.75, 3.05) is 11.9 Å². The summed E-state index contributed by atoms with van der Waals surface area (Å²) < 4.78 is 18.2. The first-order valence-electron chi connectivity index (χ1n) is 5.53. The summed E-state index contributed by atoms with van der Waals surface area (Å²) in [5, 5.41) is 2.62. The van der Waals surface area contributed by atoms with Crippen LogP contribution in [0.5, 0.6) is 0 Å². The van der Waals surface area contributed by atoms with Crippen molar-refractivity contribution in [3.05, 3.63) is 53.7 Å². The monoisotopic (exact) mass is 258 g/mol. The molecule has 0 bridgehead atoms. The Balaban J connectivity index is 2.19. The summed E-state index contributed by atoms with van der Waals surface area (Å²) >= 11 is 0. The molecule has 3 N–H and O–H groups in total. The van der Waals surface area contributed by atoms with Gasteiger partial charge in [0, 0.05) is 5.69 Å². The van der Waals surface area contributed by atoms with Gasteiger partial charge >= 0.3 is 0 Å². The first-order chi connectivity index (χ1) is 9.20. The Hall–Kier alpha value is -2.58. The van der Waals surface area contributed by atoms with E-state index in [0.29, 0.717) is 11.3 Å². The van der Waals surface area contributed by atoms with Crippen LogP contribution >= 0.6 is 0 Å². The average Bonchev–Trinajstić information content (AvgIpc) is 2.93. The Kier molecular flexibility index (Phi) is 3.96. The fourth-order valence-corrected chi connectivity index (χ4v) is 1.44. The molecule has 19 heavy (non-hydrogen) atoms. The molecule has 0 radical (unpaired) electrons. The zero-order valence-electron chi connectivity index (χ0n) is 9.94. The fraction of sp³-hybridized carbons (Fsp3) is 0.0714. The van der Waals surface area contributed by atoms with E-state index in [-0.39, 0.29) is 18.0 Å². The molecule has 0 saturated heterocycles. The number of nitrogens with one attached hydrogen (secondary N) is 1. The largest absolute Gasteiger partial charge is 0.472 e. The van der Waals surface area contributed by atoms with Gasteiger partial charge < -0.3 is 15.5 Å². The molecule has 1 heterocycles. The third-order valence-electron chi connectivity index (χ3n) is 2.33. The van der Waals surface area contributed by atoms with Crippen molar-refractivity contribution in [2.24, 2.45) is 5.73 Å². The van der Waals surface area contributed by atoms with E-state index < -0.39 is 5.82 Å². The molecule has 1 aromatic heterocycles. The Bertz CT molecular complexity index is 639. The van der Waals surface area contributed by atoms with Crippen molar-refractivity contribution in [2.45, 2.75) is 0 Å². The van der Waals surface area contributed by atoms with E-state index >= 15 is 0 Å². The van der Waals surface area contributed by atoms with Crippen molar-refractivity contribution >= 4 is 11.6 Å². The maximum atomic E-state index is 13.4. The van der Waals surface area contributed by atoms with E-state index in [1.54, 1.807) is 0 Å². The van der Waals surface area contributed by atoms with Crippen LogP contribution in [0.1, 0.15) is 15.9 Å². The van der Waals surface area contributed by atoms with Crippen LogP contribution in [0.2, 0.25) is 0 Å². The topological polar surface area (TPSA) is 68.3 Å². The number of carbonyl (C=O) groups excluding carboxylic acids is 1. The first kappa shape index (κ1) is 12.9. The lowest BCUT2D eigenvalue weighted by molar-refractivity contribution is 0.102. The molecule has 2 rings (SSSR count). The quantitative estimate of drug-likeness (QED) is 0.809. The molecule has 0 unspecified atom stereocenters. The first-order valence-corrected chi connectivity index (χ1v) is 5.53. The number of amides is 1. The summed E-state index contributed by atoms with van der Waals surface area (Å²) in [5.74, 6) is 4.37. The zero-order chi connectivity index (χ0) is 13.7. The van der Waals surface area contributed by atoms with Gasteiger partial charge in [-0.25, -0.2) is 4.39 Å². The molecule has 0 aliphatic carbocycles. The van der Waals surface area contributed by atoms with Crippen molar-refractivity contribution in [1.29, 1.82) is 0 Å². The highest BCUT2D eigenvalue weighted by Crippen LogP contribution is 2.15. The number of anilines is 1. The van der Waals surface area contributed by atoms with E-state index in [0.717, 1.165) is 0 Å². The molecule has 0 aliphatic heterocycles. The van der Waals surface area contributed by atoms with Crippen LogP contribution in [0.15, 0.2) is 41.2 Å². The van der Waals surface area contributed by atoms with Crippen LogP contribution in [-0.4, -0.2) is 12.5 Å². The molecule has 0 spiro atoms. The molecule has 0 saturated carbocycles. The summed E-state index contributed by atoms with van der Waals surface area (Å²) in [6, 6.07) is 5.69. The van der Waals surface area contributed by atoms with Gasteiger partial charge in [-0.2, -0.15) is 0 Å². The van der Waals surface area contributed by atoms with E-state index in [1.807, 2.05) is 0 Å². The molecule has 4 nitrogen and oxygen atoms in total. The Morgan fingerprint density at radius 2 is 2.26 bits per heavy atom. The number of furan rings is 1. The molecule has 1 aromatic carbocycles. The second-order valence-corrected chi connectivity index (χ2v) is 3.67. The predicted octanol–water partition coefficient (Wildman–Crippen LogP) is 1.98. The molecule has 0 atom stereocenters. The van der Waals surface area contributed by atoms with Gasteiger partial charge in [0.15, 0.2) is 0 Å². The van der Waals surface area contributed by atoms with Gasteiger partial charge in [0.25, 0.3) is 5.91 Å². The second-order valence-electron chi connectivity index (χ2n) is 3.67. The van der Waals surface area contributed by atoms with Crippen molar-refractivity contribution in [1.82, 2.24) is 0 Å². The normalized spacial score (nSPS) is 9.58. The summed E-state index contributed by atoms with van der Waals surface area (Å²) in [7, 11) is 0. The van der Waals surface area contributed by atoms with Gasteiger partial charge in [0.05, 0.1) is 23.9 Å². The SMILES string of the molecule is NCC#Cc1cc(NC(=O)c2ccoc2)ccc1F. The van der Waals surface area contributed by atoms with E-state index in [4.69, 9.17) is 10.2 Å². The molecule has 5 heteroatoms. The summed E-state index contributed by atoms with van der Waals surface area (Å²) in [6.07, 6.45) is 2.73. The van der Waals surface area contributed by atoms with E-state index in [9.17, 15) is 9.18 Å². The predicted molar refractivity (Wildman–Crippen MR) is 69.0 cm³/mol. The van der Waals surface area contributed by atoms with Crippen molar-refractivity contribution in [3.8, 4) is 11.8 Å². The lowest BCUT2D eigenvalue weighted by Crippen LogP contribution is -2.11. The summed E-state index contributed by atoms with van der Waals surface area (Å²) in [6.45, 7) is 0.144. The number of carbonyl (C=O) groups is 1. The maximum Gasteiger partial charge on any atom is 0.258 e. The van der Waals surface area contributed by atoms with Crippen molar-refractivity contribution in [3.63, 3.8) is 0 Å². The Morgan fingerprint density at radius 3 is 2.95 bits per heavy atom. The van der Waals surface area contributed by atoms with Crippen LogP contribution < -0.4 is 11.1 Å². The van der Waals surface area contributed by atoms with Crippen LogP contribution in [-0.2, 0) is 0 Å². The third-order valence-corrected chi connectivity index (χ3v) is 2.33. The standard InChI is InChI=1S/C14H11FN2O2/c15-13-4-3-12(8-10(13)2-1-6-16)17-14(18)11-5-7-19-9-11/h3-5,7-9H,6,16H2,(H,17,18). The second kappa shape index (κ2) is 5.85. The highest BCUT2D eigenvalue weighted by Gasteiger charge is 2.08. The lowest BCUT2D eigenvalue weighted by Gasteiger charge is -2.04. The molecule has 0 fully saturated rings. The minimum absolute atomic E-state index is 0.144. The molecule has 96 valence electrons. The van der Waals surface area contributed by atoms with Gasteiger partial charge in [-0.3, -0.25) is 4.79 Å². The van der Waals surface area contributed by atoms with E-state index in [1.165, 1.54) is 36.8 Å². The highest BCUT2D eigenvalue weighted by atomic mass is 19.1. The van der Waals surface area contributed by atoms with Crippen LogP contribution in [0.25, 0.3) is 0 Å². The smallest absolute Gasteiger partial charge is 0.258 e. The van der Waals surface area contributed by atoms with Gasteiger partial charge in [-0.15, -0.1) is 0 Å². The van der Waals surface area contributed by atoms with Gasteiger partial charge in [0.1, 0.15) is 12.1 Å². The maximum absolute atomic E-state index is 13.4. The third kappa shape index (κ3) is 3.21. The number of hydrogen-bond acceptors (Lipinski definition) is 3. The Labute approximate surface area is 109 Å². The number of benzene rings is 1. The summed E-state index contributed by atoms with van der Waals surface area (Å²) in [5.41, 5.74) is 6.26. The number of rotatable bonds is 2. The van der Waals surface area contributed by atoms with Crippen LogP contribution in [0.4, 0.5) is 10.1 Å². The molecule has 0 aliphatic rings. The fourth-order valence-electron chi connectivity index (χ4n) is 1.44. The van der Waals surface area contributed by atoms with Crippen LogP contribution in [0, 0.1) is 17.7 Å². The van der Waals surface area contributed by atoms with Crippen molar-refractivity contribution < 1.29 is 13.6 Å². The molecular formula is C14H11FN2O2. The Morgan fingerprint density at radius 1 is 1.42 bits per heavy atom.